The molecule has 31 heavy (non-hydrogen) atoms. The predicted octanol–water partition coefficient (Wildman–Crippen LogP) is 5.25. The zero-order valence-corrected chi connectivity index (χ0v) is 17.8. The lowest BCUT2D eigenvalue weighted by atomic mass is 9.95. The van der Waals surface area contributed by atoms with E-state index in [-0.39, 0.29) is 11.8 Å². The maximum Gasteiger partial charge on any atom is 0.161 e. The lowest BCUT2D eigenvalue weighted by Gasteiger charge is -2.23. The Balaban J connectivity index is 1.86. The summed E-state index contributed by atoms with van der Waals surface area (Å²) < 4.78 is 11.2. The number of benzene rings is 2. The van der Waals surface area contributed by atoms with Gasteiger partial charge in [-0.2, -0.15) is 0 Å². The zero-order valence-electron chi connectivity index (χ0n) is 17.8. The lowest BCUT2D eigenvalue weighted by Crippen LogP contribution is -2.14. The summed E-state index contributed by atoms with van der Waals surface area (Å²) in [6, 6.07) is 16.9. The van der Waals surface area contributed by atoms with Crippen LogP contribution in [-0.2, 0) is 0 Å². The van der Waals surface area contributed by atoms with Gasteiger partial charge < -0.3 is 19.9 Å². The lowest BCUT2D eigenvalue weighted by molar-refractivity contribution is 0.310. The van der Waals surface area contributed by atoms with Gasteiger partial charge in [-0.25, -0.2) is 4.98 Å². The smallest absolute Gasteiger partial charge is 0.161 e. The Bertz CT molecular complexity index is 1210. The van der Waals surface area contributed by atoms with Crippen molar-refractivity contribution in [2.75, 3.05) is 19.0 Å². The van der Waals surface area contributed by atoms with Crippen molar-refractivity contribution in [1.82, 2.24) is 9.97 Å². The molecular weight excluding hydrogens is 390 g/mol. The third-order valence-corrected chi connectivity index (χ3v) is 5.12. The monoisotopic (exact) mass is 415 g/mol. The Morgan fingerprint density at radius 3 is 2.65 bits per heavy atom. The maximum atomic E-state index is 11.1. The number of ether oxygens (including phenoxy) is 2. The molecule has 0 radical (unpaired) electrons. The van der Waals surface area contributed by atoms with Gasteiger partial charge in [-0.05, 0) is 55.3 Å². The summed E-state index contributed by atoms with van der Waals surface area (Å²) in [4.78, 5) is 8.83. The number of nitrogens with zero attached hydrogens (tertiary/aromatic N) is 2. The van der Waals surface area contributed by atoms with E-state index in [4.69, 9.17) is 9.47 Å². The van der Waals surface area contributed by atoms with Crippen LogP contribution in [0, 0.1) is 6.92 Å². The number of hydrogen-bond donors (Lipinski definition) is 2. The van der Waals surface area contributed by atoms with E-state index in [0.717, 1.165) is 16.5 Å². The number of aromatic nitrogens is 2. The molecule has 1 atom stereocenters. The Morgan fingerprint density at radius 2 is 1.87 bits per heavy atom. The number of aryl methyl sites for hydroxylation is 1. The normalized spacial score (nSPS) is 11.8. The van der Waals surface area contributed by atoms with Gasteiger partial charge in [-0.3, -0.25) is 4.98 Å². The molecule has 2 N–H and O–H groups in total. The summed E-state index contributed by atoms with van der Waals surface area (Å²) in [5.74, 6) is 2.14. The van der Waals surface area contributed by atoms with Crippen LogP contribution < -0.4 is 14.8 Å². The number of rotatable bonds is 7. The third-order valence-electron chi connectivity index (χ3n) is 5.12. The summed E-state index contributed by atoms with van der Waals surface area (Å²) in [5.41, 5.74) is 3.24. The average molecular weight is 415 g/mol. The maximum absolute atomic E-state index is 11.1. The van der Waals surface area contributed by atoms with Crippen molar-refractivity contribution in [2.24, 2.45) is 0 Å². The molecule has 0 aliphatic carbocycles. The van der Waals surface area contributed by atoms with Gasteiger partial charge in [-0.1, -0.05) is 24.3 Å². The van der Waals surface area contributed by atoms with Crippen molar-refractivity contribution in [3.05, 3.63) is 83.7 Å². The minimum atomic E-state index is -0.384. The van der Waals surface area contributed by atoms with Gasteiger partial charge in [0.1, 0.15) is 17.1 Å². The first-order valence-electron chi connectivity index (χ1n) is 10.2. The fourth-order valence-electron chi connectivity index (χ4n) is 3.62. The van der Waals surface area contributed by atoms with Crippen LogP contribution in [0.5, 0.6) is 17.2 Å². The Hall–Kier alpha value is -3.80. The summed E-state index contributed by atoms with van der Waals surface area (Å²) in [6.07, 6.45) is 3.44. The van der Waals surface area contributed by atoms with Crippen LogP contribution in [-0.4, -0.2) is 28.8 Å². The molecule has 0 saturated carbocycles. The molecule has 0 aliphatic heterocycles. The number of pyridine rings is 2. The highest BCUT2D eigenvalue weighted by Crippen LogP contribution is 2.39. The Kier molecular flexibility index (Phi) is 5.89. The van der Waals surface area contributed by atoms with Crippen LogP contribution in [0.2, 0.25) is 0 Å². The summed E-state index contributed by atoms with van der Waals surface area (Å²) in [7, 11) is 1.62. The molecule has 6 nitrogen and oxygen atoms in total. The third kappa shape index (κ3) is 4.23. The molecule has 2 aromatic carbocycles. The fourth-order valence-corrected chi connectivity index (χ4v) is 3.62. The molecule has 158 valence electrons. The van der Waals surface area contributed by atoms with Crippen LogP contribution >= 0.6 is 0 Å². The molecule has 4 aromatic rings. The molecule has 2 aromatic heterocycles. The van der Waals surface area contributed by atoms with E-state index in [2.05, 4.69) is 15.3 Å². The van der Waals surface area contributed by atoms with Crippen LogP contribution in [0.25, 0.3) is 10.9 Å². The molecule has 0 saturated heterocycles. The first-order valence-corrected chi connectivity index (χ1v) is 10.2. The number of nitrogens with one attached hydrogen (secondary N) is 1. The number of phenols is 1. The van der Waals surface area contributed by atoms with Crippen molar-refractivity contribution in [2.45, 2.75) is 19.9 Å². The Morgan fingerprint density at radius 1 is 1.00 bits per heavy atom. The molecule has 2 heterocycles. The molecule has 0 bridgehead atoms. The van der Waals surface area contributed by atoms with Crippen molar-refractivity contribution in [3.63, 3.8) is 0 Å². The first-order chi connectivity index (χ1) is 15.1. The van der Waals surface area contributed by atoms with Crippen LogP contribution in [0.3, 0.4) is 0 Å². The van der Waals surface area contributed by atoms with Gasteiger partial charge in [0.05, 0.1) is 19.8 Å². The molecular formula is C25H25N3O3. The van der Waals surface area contributed by atoms with Crippen LogP contribution in [0.4, 0.5) is 5.82 Å². The molecule has 0 amide bonds. The fraction of sp³-hybridized carbons (Fsp3) is 0.200. The molecule has 0 aliphatic rings. The average Bonchev–Trinajstić information content (AvgIpc) is 2.78. The minimum absolute atomic E-state index is 0.136. The van der Waals surface area contributed by atoms with E-state index in [0.29, 0.717) is 35.0 Å². The number of aromatic hydroxyl groups is 1. The van der Waals surface area contributed by atoms with Crippen molar-refractivity contribution >= 4 is 16.7 Å². The molecule has 4 rings (SSSR count). The van der Waals surface area contributed by atoms with Crippen LogP contribution in [0.1, 0.15) is 29.7 Å². The van der Waals surface area contributed by atoms with Gasteiger partial charge in [-0.15, -0.1) is 0 Å². The van der Waals surface area contributed by atoms with Crippen LogP contribution in [0.15, 0.2) is 67.0 Å². The second-order valence-corrected chi connectivity index (χ2v) is 7.22. The van der Waals surface area contributed by atoms with E-state index in [1.807, 2.05) is 68.4 Å². The quantitative estimate of drug-likeness (QED) is 0.429. The molecule has 0 spiro atoms. The zero-order chi connectivity index (χ0) is 21.8. The SMILES string of the molecule is CCOc1cc([C@H](Nc2cc(C)ccn2)c2ccc3cccnc3c2O)ccc1OC. The highest BCUT2D eigenvalue weighted by atomic mass is 16.5. The van der Waals surface area contributed by atoms with E-state index in [1.165, 1.54) is 0 Å². The summed E-state index contributed by atoms with van der Waals surface area (Å²) in [5, 5.41) is 15.5. The Labute approximate surface area is 181 Å². The number of phenolic OH excluding ortho intramolecular Hbond substituents is 1. The van der Waals surface area contributed by atoms with E-state index < -0.39 is 0 Å². The highest BCUT2D eigenvalue weighted by molar-refractivity contribution is 5.86. The molecule has 0 fully saturated rings. The second kappa shape index (κ2) is 8.92. The minimum Gasteiger partial charge on any atom is -0.505 e. The summed E-state index contributed by atoms with van der Waals surface area (Å²) in [6.45, 7) is 4.46. The highest BCUT2D eigenvalue weighted by Gasteiger charge is 2.22. The summed E-state index contributed by atoms with van der Waals surface area (Å²) >= 11 is 0. The molecule has 0 unspecified atom stereocenters. The van der Waals surface area contributed by atoms with Gasteiger partial charge in [0.25, 0.3) is 0 Å². The van der Waals surface area contributed by atoms with Gasteiger partial charge in [0.15, 0.2) is 11.5 Å². The van der Waals surface area contributed by atoms with Crippen molar-refractivity contribution in [1.29, 1.82) is 0 Å². The number of hydrogen-bond acceptors (Lipinski definition) is 6. The molecule has 6 heteroatoms. The topological polar surface area (TPSA) is 76.5 Å². The standard InChI is InChI=1S/C25H25N3O3/c1-4-31-21-15-18(8-10-20(21)30-3)23(28-22-14-16(2)11-13-26-22)19-9-7-17-6-5-12-27-24(17)25(19)29/h5-15,23,29H,4H2,1-3H3,(H,26,28)/t23-/m0/s1. The van der Waals surface area contributed by atoms with Crippen molar-refractivity contribution in [3.8, 4) is 17.2 Å². The van der Waals surface area contributed by atoms with Crippen molar-refractivity contribution < 1.29 is 14.6 Å². The number of methoxy groups -OCH3 is 1. The van der Waals surface area contributed by atoms with E-state index >= 15 is 0 Å². The number of anilines is 1. The van der Waals surface area contributed by atoms with Gasteiger partial charge in [0.2, 0.25) is 0 Å². The van der Waals surface area contributed by atoms with Gasteiger partial charge >= 0.3 is 0 Å². The second-order valence-electron chi connectivity index (χ2n) is 7.22. The number of fused-ring (bicyclic) bond motifs is 1. The first kappa shape index (κ1) is 20.5. The van der Waals surface area contributed by atoms with E-state index in [9.17, 15) is 5.11 Å². The van der Waals surface area contributed by atoms with E-state index in [1.54, 1.807) is 19.5 Å². The largest absolute Gasteiger partial charge is 0.505 e. The predicted molar refractivity (Wildman–Crippen MR) is 122 cm³/mol. The van der Waals surface area contributed by atoms with Gasteiger partial charge in [0, 0.05) is 23.3 Å².